The van der Waals surface area contributed by atoms with Crippen molar-refractivity contribution in [3.8, 4) is 22.9 Å². The minimum Gasteiger partial charge on any atom is -0.416 e. The average molecular weight is 448 g/mol. The average Bonchev–Trinajstić information content (AvgIpc) is 3.31. The molecular formula is C26H33N5O2. The van der Waals surface area contributed by atoms with Gasteiger partial charge in [-0.3, -0.25) is 4.79 Å². The van der Waals surface area contributed by atoms with Crippen molar-refractivity contribution in [3.63, 3.8) is 0 Å². The van der Waals surface area contributed by atoms with E-state index in [0.717, 1.165) is 68.8 Å². The maximum Gasteiger partial charge on any atom is 0.248 e. The van der Waals surface area contributed by atoms with Crippen molar-refractivity contribution in [2.45, 2.75) is 32.6 Å². The zero-order valence-electron chi connectivity index (χ0n) is 19.6. The van der Waals surface area contributed by atoms with Gasteiger partial charge < -0.3 is 19.5 Å². The van der Waals surface area contributed by atoms with Crippen molar-refractivity contribution in [2.24, 2.45) is 0 Å². The van der Waals surface area contributed by atoms with Crippen molar-refractivity contribution < 1.29 is 9.21 Å². The summed E-state index contributed by atoms with van der Waals surface area (Å²) in [5, 5.41) is 11.3. The van der Waals surface area contributed by atoms with Gasteiger partial charge in [-0.05, 0) is 63.7 Å². The van der Waals surface area contributed by atoms with Crippen LogP contribution in [0.1, 0.15) is 31.2 Å². The lowest BCUT2D eigenvalue weighted by Gasteiger charge is -2.32. The maximum absolute atomic E-state index is 12.4. The van der Waals surface area contributed by atoms with Crippen molar-refractivity contribution >= 4 is 11.6 Å². The predicted octanol–water partition coefficient (Wildman–Crippen LogP) is 4.46. The van der Waals surface area contributed by atoms with Crippen molar-refractivity contribution in [3.05, 3.63) is 54.1 Å². The molecule has 1 aromatic heterocycles. The zero-order chi connectivity index (χ0) is 23.0. The van der Waals surface area contributed by atoms with Crippen molar-refractivity contribution in [2.75, 3.05) is 45.1 Å². The Morgan fingerprint density at radius 1 is 0.939 bits per heavy atom. The van der Waals surface area contributed by atoms with E-state index in [2.05, 4.69) is 32.4 Å². The topological polar surface area (TPSA) is 74.5 Å². The Kier molecular flexibility index (Phi) is 7.86. The molecular weight excluding hydrogens is 414 g/mol. The highest BCUT2D eigenvalue weighted by molar-refractivity contribution is 5.91. The van der Waals surface area contributed by atoms with Crippen LogP contribution in [0.4, 0.5) is 5.69 Å². The number of nitrogens with one attached hydrogen (secondary N) is 1. The molecule has 3 aromatic rings. The summed E-state index contributed by atoms with van der Waals surface area (Å²) >= 11 is 0. The van der Waals surface area contributed by atoms with E-state index in [9.17, 15) is 4.79 Å². The van der Waals surface area contributed by atoms with Gasteiger partial charge in [0.2, 0.25) is 17.7 Å². The molecule has 1 N–H and O–H groups in total. The summed E-state index contributed by atoms with van der Waals surface area (Å²) in [7, 11) is 2.18. The van der Waals surface area contributed by atoms with Crippen LogP contribution in [0.25, 0.3) is 22.9 Å². The minimum atomic E-state index is 0.0395. The minimum absolute atomic E-state index is 0.0395. The second kappa shape index (κ2) is 11.2. The number of carbonyl (C=O) groups excluding carboxylic acids is 1. The SMILES string of the molecule is Cc1ccc(-c2nnc(-c3cccc(NC(=O)CCCCCN4CCN(C)CC4)c3)o2)cc1. The molecule has 1 fully saturated rings. The summed E-state index contributed by atoms with van der Waals surface area (Å²) in [4.78, 5) is 17.3. The summed E-state index contributed by atoms with van der Waals surface area (Å²) in [6.07, 6.45) is 3.66. The molecule has 0 atom stereocenters. The molecule has 4 rings (SSSR count). The van der Waals surface area contributed by atoms with Gasteiger partial charge in [-0.25, -0.2) is 0 Å². The molecule has 1 saturated heterocycles. The first-order valence-corrected chi connectivity index (χ1v) is 11.8. The second-order valence-corrected chi connectivity index (χ2v) is 8.86. The Labute approximate surface area is 195 Å². The third kappa shape index (κ3) is 6.73. The number of carbonyl (C=O) groups is 1. The summed E-state index contributed by atoms with van der Waals surface area (Å²) in [5.41, 5.74) is 3.59. The van der Waals surface area contributed by atoms with E-state index in [0.29, 0.717) is 18.2 Å². The number of hydrogen-bond acceptors (Lipinski definition) is 6. The number of likely N-dealkylation sites (N-methyl/N-ethyl adjacent to an activating group) is 1. The quantitative estimate of drug-likeness (QED) is 0.488. The van der Waals surface area contributed by atoms with Crippen LogP contribution in [0.5, 0.6) is 0 Å². The lowest BCUT2D eigenvalue weighted by atomic mass is 10.1. The number of amides is 1. The van der Waals surface area contributed by atoms with Crippen LogP contribution in [0, 0.1) is 6.92 Å². The van der Waals surface area contributed by atoms with Gasteiger partial charge in [-0.1, -0.05) is 30.2 Å². The first kappa shape index (κ1) is 23.1. The van der Waals surface area contributed by atoms with Gasteiger partial charge in [0.15, 0.2) is 0 Å². The molecule has 7 nitrogen and oxygen atoms in total. The van der Waals surface area contributed by atoms with Gasteiger partial charge >= 0.3 is 0 Å². The molecule has 0 unspecified atom stereocenters. The summed E-state index contributed by atoms with van der Waals surface area (Å²) in [6.45, 7) is 7.78. The van der Waals surface area contributed by atoms with Crippen LogP contribution < -0.4 is 5.32 Å². The van der Waals surface area contributed by atoms with Crippen LogP contribution in [0.2, 0.25) is 0 Å². The number of nitrogens with zero attached hydrogens (tertiary/aromatic N) is 4. The number of anilines is 1. The van der Waals surface area contributed by atoms with E-state index in [4.69, 9.17) is 4.42 Å². The van der Waals surface area contributed by atoms with Crippen LogP contribution >= 0.6 is 0 Å². The van der Waals surface area contributed by atoms with Gasteiger partial charge in [0.1, 0.15) is 0 Å². The number of aryl methyl sites for hydroxylation is 1. The second-order valence-electron chi connectivity index (χ2n) is 8.86. The van der Waals surface area contributed by atoms with Gasteiger partial charge in [0, 0.05) is 49.4 Å². The molecule has 7 heteroatoms. The fourth-order valence-electron chi connectivity index (χ4n) is 3.98. The Morgan fingerprint density at radius 3 is 2.42 bits per heavy atom. The molecule has 1 aliphatic rings. The van der Waals surface area contributed by atoms with Gasteiger partial charge in [-0.15, -0.1) is 10.2 Å². The van der Waals surface area contributed by atoms with Gasteiger partial charge in [-0.2, -0.15) is 0 Å². The molecule has 1 aliphatic heterocycles. The van der Waals surface area contributed by atoms with Crippen molar-refractivity contribution in [1.82, 2.24) is 20.0 Å². The highest BCUT2D eigenvalue weighted by Gasteiger charge is 2.13. The van der Waals surface area contributed by atoms with Crippen LogP contribution in [0.15, 0.2) is 52.9 Å². The first-order valence-electron chi connectivity index (χ1n) is 11.8. The number of hydrogen-bond donors (Lipinski definition) is 1. The third-order valence-electron chi connectivity index (χ3n) is 6.09. The smallest absolute Gasteiger partial charge is 0.248 e. The van der Waals surface area contributed by atoms with E-state index < -0.39 is 0 Å². The van der Waals surface area contributed by atoms with E-state index >= 15 is 0 Å². The standard InChI is InChI=1S/C26H33N5O2/c1-20-10-12-21(13-11-20)25-28-29-26(33-25)22-7-6-8-23(19-22)27-24(32)9-4-3-5-14-31-17-15-30(2)16-18-31/h6-8,10-13,19H,3-5,9,14-18H2,1-2H3,(H,27,32). The Balaban J connectivity index is 1.23. The number of rotatable bonds is 9. The van der Waals surface area contributed by atoms with Crippen LogP contribution in [-0.4, -0.2) is 65.7 Å². The fraction of sp³-hybridized carbons (Fsp3) is 0.423. The Hall–Kier alpha value is -3.03. The predicted molar refractivity (Wildman–Crippen MR) is 131 cm³/mol. The van der Waals surface area contributed by atoms with E-state index in [-0.39, 0.29) is 5.91 Å². The molecule has 33 heavy (non-hydrogen) atoms. The number of piperazine rings is 1. The van der Waals surface area contributed by atoms with Crippen molar-refractivity contribution in [1.29, 1.82) is 0 Å². The van der Waals surface area contributed by atoms with Crippen LogP contribution in [0.3, 0.4) is 0 Å². The summed E-state index contributed by atoms with van der Waals surface area (Å²) in [6, 6.07) is 15.5. The molecule has 0 radical (unpaired) electrons. The summed E-state index contributed by atoms with van der Waals surface area (Å²) in [5.74, 6) is 0.958. The largest absolute Gasteiger partial charge is 0.416 e. The molecule has 0 aliphatic carbocycles. The first-order chi connectivity index (χ1) is 16.1. The van der Waals surface area contributed by atoms with E-state index in [1.165, 1.54) is 5.56 Å². The molecule has 174 valence electrons. The fourth-order valence-corrected chi connectivity index (χ4v) is 3.98. The molecule has 0 spiro atoms. The Morgan fingerprint density at radius 2 is 1.67 bits per heavy atom. The number of aromatic nitrogens is 2. The number of benzene rings is 2. The van der Waals surface area contributed by atoms with Crippen LogP contribution in [-0.2, 0) is 4.79 Å². The third-order valence-corrected chi connectivity index (χ3v) is 6.09. The van der Waals surface area contributed by atoms with Gasteiger partial charge in [0.25, 0.3) is 0 Å². The Bertz CT molecular complexity index is 1040. The molecule has 0 bridgehead atoms. The van der Waals surface area contributed by atoms with E-state index in [1.807, 2.05) is 55.5 Å². The lowest BCUT2D eigenvalue weighted by Crippen LogP contribution is -2.44. The zero-order valence-corrected chi connectivity index (χ0v) is 19.6. The highest BCUT2D eigenvalue weighted by Crippen LogP contribution is 2.26. The molecule has 1 amide bonds. The molecule has 2 aromatic carbocycles. The molecule has 2 heterocycles. The normalized spacial score (nSPS) is 15.0. The monoisotopic (exact) mass is 447 g/mol. The number of unbranched alkanes of at least 4 members (excludes halogenated alkanes) is 2. The van der Waals surface area contributed by atoms with Gasteiger partial charge in [0.05, 0.1) is 0 Å². The lowest BCUT2D eigenvalue weighted by molar-refractivity contribution is -0.116. The summed E-state index contributed by atoms with van der Waals surface area (Å²) < 4.78 is 5.86. The maximum atomic E-state index is 12.4. The highest BCUT2D eigenvalue weighted by atomic mass is 16.4. The van der Waals surface area contributed by atoms with E-state index in [1.54, 1.807) is 0 Å². The molecule has 0 saturated carbocycles.